The molecule has 1 aromatic rings. The lowest BCUT2D eigenvalue weighted by atomic mass is 10.1. The first-order chi connectivity index (χ1) is 8.34. The first-order valence-corrected chi connectivity index (χ1v) is 6.09. The van der Waals surface area contributed by atoms with Gasteiger partial charge in [-0.2, -0.15) is 18.4 Å². The molecule has 0 radical (unpaired) electrons. The van der Waals surface area contributed by atoms with Crippen LogP contribution in [0.15, 0.2) is 28.7 Å². The van der Waals surface area contributed by atoms with E-state index in [2.05, 4.69) is 21.2 Å². The van der Waals surface area contributed by atoms with Crippen molar-refractivity contribution in [2.24, 2.45) is 5.92 Å². The van der Waals surface area contributed by atoms with E-state index in [4.69, 9.17) is 5.26 Å². The second kappa shape index (κ2) is 6.21. The maximum atomic E-state index is 12.4. The van der Waals surface area contributed by atoms with Crippen LogP contribution in [0.3, 0.4) is 0 Å². The maximum absolute atomic E-state index is 12.4. The summed E-state index contributed by atoms with van der Waals surface area (Å²) in [5.74, 6) is -1.98. The van der Waals surface area contributed by atoms with E-state index in [1.807, 2.05) is 24.3 Å². The van der Waals surface area contributed by atoms with Crippen LogP contribution in [0.4, 0.5) is 13.2 Å². The molecule has 0 spiro atoms. The topological polar surface area (TPSA) is 35.8 Å². The van der Waals surface area contributed by atoms with Crippen LogP contribution in [-0.4, -0.2) is 12.7 Å². The molecular weight excluding hydrogens is 309 g/mol. The molecule has 18 heavy (non-hydrogen) atoms. The monoisotopic (exact) mass is 320 g/mol. The van der Waals surface area contributed by atoms with Gasteiger partial charge in [-0.3, -0.25) is 0 Å². The summed E-state index contributed by atoms with van der Waals surface area (Å²) in [6, 6.07) is 8.29. The van der Waals surface area contributed by atoms with E-state index < -0.39 is 18.6 Å². The van der Waals surface area contributed by atoms with Gasteiger partial charge < -0.3 is 5.32 Å². The number of hydrogen-bond donors (Lipinski definition) is 1. The van der Waals surface area contributed by atoms with Gasteiger partial charge in [-0.1, -0.05) is 28.1 Å². The number of nitrogens with zero attached hydrogens (tertiary/aromatic N) is 1. The van der Waals surface area contributed by atoms with Gasteiger partial charge in [0.2, 0.25) is 0 Å². The molecule has 2 unspecified atom stereocenters. The molecule has 0 aromatic heterocycles. The zero-order valence-electron chi connectivity index (χ0n) is 9.63. The summed E-state index contributed by atoms with van der Waals surface area (Å²) in [6.07, 6.45) is -4.48. The van der Waals surface area contributed by atoms with E-state index in [-0.39, 0.29) is 6.04 Å². The van der Waals surface area contributed by atoms with Crippen LogP contribution < -0.4 is 5.32 Å². The first kappa shape index (κ1) is 15.0. The molecule has 0 fully saturated rings. The van der Waals surface area contributed by atoms with Crippen LogP contribution >= 0.6 is 15.9 Å². The van der Waals surface area contributed by atoms with Gasteiger partial charge in [-0.05, 0) is 24.6 Å². The minimum atomic E-state index is -4.48. The molecule has 0 bridgehead atoms. The molecule has 2 nitrogen and oxygen atoms in total. The van der Waals surface area contributed by atoms with Gasteiger partial charge in [-0.25, -0.2) is 0 Å². The first-order valence-electron chi connectivity index (χ1n) is 5.29. The van der Waals surface area contributed by atoms with E-state index in [0.29, 0.717) is 0 Å². The maximum Gasteiger partial charge on any atom is 0.405 e. The highest BCUT2D eigenvalue weighted by Crippen LogP contribution is 2.25. The molecule has 0 aliphatic rings. The molecule has 0 aliphatic heterocycles. The Balaban J connectivity index is 2.58. The summed E-state index contributed by atoms with van der Waals surface area (Å²) in [5.41, 5.74) is 0.872. The fraction of sp³-hybridized carbons (Fsp3) is 0.417. The number of rotatable bonds is 4. The summed E-state index contributed by atoms with van der Waals surface area (Å²) >= 11 is 3.28. The quantitative estimate of drug-likeness (QED) is 0.915. The normalized spacial score (nSPS) is 14.9. The van der Waals surface area contributed by atoms with Crippen LogP contribution in [0.5, 0.6) is 0 Å². The highest BCUT2D eigenvalue weighted by molar-refractivity contribution is 9.10. The van der Waals surface area contributed by atoms with Crippen molar-refractivity contribution in [3.8, 4) is 6.07 Å². The molecule has 1 aromatic carbocycles. The smallest absolute Gasteiger partial charge is 0.309 e. The zero-order valence-corrected chi connectivity index (χ0v) is 11.2. The summed E-state index contributed by atoms with van der Waals surface area (Å²) < 4.78 is 38.0. The lowest BCUT2D eigenvalue weighted by Crippen LogP contribution is -2.33. The lowest BCUT2D eigenvalue weighted by Gasteiger charge is -2.18. The minimum Gasteiger partial charge on any atom is -0.309 e. The van der Waals surface area contributed by atoms with Gasteiger partial charge in [-0.15, -0.1) is 0 Å². The van der Waals surface area contributed by atoms with Crippen molar-refractivity contribution in [1.29, 1.82) is 5.26 Å². The number of alkyl halides is 3. The predicted octanol–water partition coefficient (Wildman–Crippen LogP) is 3.80. The highest BCUT2D eigenvalue weighted by Gasteiger charge is 2.39. The molecule has 0 heterocycles. The molecule has 6 heteroatoms. The van der Waals surface area contributed by atoms with Crippen molar-refractivity contribution >= 4 is 15.9 Å². The summed E-state index contributed by atoms with van der Waals surface area (Å²) in [4.78, 5) is 0. The van der Waals surface area contributed by atoms with Crippen molar-refractivity contribution in [3.63, 3.8) is 0 Å². The number of nitrogens with one attached hydrogen (secondary N) is 1. The summed E-state index contributed by atoms with van der Waals surface area (Å²) in [7, 11) is 0. The fourth-order valence-electron chi connectivity index (χ4n) is 1.40. The molecule has 1 N–H and O–H groups in total. The number of hydrogen-bond acceptors (Lipinski definition) is 2. The van der Waals surface area contributed by atoms with E-state index in [1.54, 1.807) is 6.92 Å². The third kappa shape index (κ3) is 4.31. The molecular formula is C12H12BrF3N2. The standard InChI is InChI=1S/C12H12BrF3N2/c1-8(9-2-4-11(13)5-3-9)18-7-10(6-17)12(14,15)16/h2-5,8,10,18H,7H2,1H3. The molecule has 1 rings (SSSR count). The molecule has 0 amide bonds. The van der Waals surface area contributed by atoms with Gasteiger partial charge in [0.25, 0.3) is 0 Å². The average Bonchev–Trinajstić information content (AvgIpc) is 2.28. The van der Waals surface area contributed by atoms with Gasteiger partial charge in [0.05, 0.1) is 6.07 Å². The van der Waals surface area contributed by atoms with Crippen LogP contribution in [0.25, 0.3) is 0 Å². The predicted molar refractivity (Wildman–Crippen MR) is 65.7 cm³/mol. The Morgan fingerprint density at radius 1 is 1.33 bits per heavy atom. The average molecular weight is 321 g/mol. The Labute approximate surface area is 112 Å². The fourth-order valence-corrected chi connectivity index (χ4v) is 1.66. The van der Waals surface area contributed by atoms with Gasteiger partial charge >= 0.3 is 6.18 Å². The Bertz CT molecular complexity index is 422. The van der Waals surface area contributed by atoms with E-state index >= 15 is 0 Å². The highest BCUT2D eigenvalue weighted by atomic mass is 79.9. The third-order valence-electron chi connectivity index (χ3n) is 2.55. The number of benzene rings is 1. The second-order valence-electron chi connectivity index (χ2n) is 3.90. The molecule has 2 atom stereocenters. The van der Waals surface area contributed by atoms with Gasteiger partial charge in [0.15, 0.2) is 5.92 Å². The SMILES string of the molecule is CC(NCC(C#N)C(F)(F)F)c1ccc(Br)cc1. The van der Waals surface area contributed by atoms with E-state index in [0.717, 1.165) is 10.0 Å². The summed E-state index contributed by atoms with van der Waals surface area (Å²) in [5, 5.41) is 11.2. The van der Waals surface area contributed by atoms with Gasteiger partial charge in [0.1, 0.15) is 0 Å². The Hall–Kier alpha value is -1.06. The van der Waals surface area contributed by atoms with Crippen molar-refractivity contribution in [3.05, 3.63) is 34.3 Å². The largest absolute Gasteiger partial charge is 0.405 e. The van der Waals surface area contributed by atoms with Crippen LogP contribution in [0.2, 0.25) is 0 Å². The Morgan fingerprint density at radius 3 is 2.33 bits per heavy atom. The van der Waals surface area contributed by atoms with Crippen molar-refractivity contribution in [1.82, 2.24) is 5.32 Å². The van der Waals surface area contributed by atoms with E-state index in [9.17, 15) is 13.2 Å². The zero-order chi connectivity index (χ0) is 13.8. The second-order valence-corrected chi connectivity index (χ2v) is 4.82. The van der Waals surface area contributed by atoms with Crippen LogP contribution in [0, 0.1) is 17.2 Å². The number of halogens is 4. The Morgan fingerprint density at radius 2 is 1.89 bits per heavy atom. The third-order valence-corrected chi connectivity index (χ3v) is 3.08. The van der Waals surface area contributed by atoms with Crippen molar-refractivity contribution < 1.29 is 13.2 Å². The van der Waals surface area contributed by atoms with Gasteiger partial charge in [0, 0.05) is 17.1 Å². The van der Waals surface area contributed by atoms with Crippen LogP contribution in [-0.2, 0) is 0 Å². The van der Waals surface area contributed by atoms with Crippen LogP contribution in [0.1, 0.15) is 18.5 Å². The molecule has 98 valence electrons. The molecule has 0 saturated heterocycles. The molecule has 0 aliphatic carbocycles. The van der Waals surface area contributed by atoms with Crippen molar-refractivity contribution in [2.75, 3.05) is 6.54 Å². The summed E-state index contributed by atoms with van der Waals surface area (Å²) in [6.45, 7) is 1.35. The number of nitriles is 1. The molecule has 0 saturated carbocycles. The Kier molecular flexibility index (Phi) is 5.17. The van der Waals surface area contributed by atoms with E-state index in [1.165, 1.54) is 6.07 Å². The minimum absolute atomic E-state index is 0.240. The van der Waals surface area contributed by atoms with Crippen molar-refractivity contribution in [2.45, 2.75) is 19.1 Å². The lowest BCUT2D eigenvalue weighted by molar-refractivity contribution is -0.157.